The van der Waals surface area contributed by atoms with Crippen molar-refractivity contribution in [3.63, 3.8) is 0 Å². The molecule has 0 saturated heterocycles. The number of fused-ring (bicyclic) bond motifs is 2. The molecule has 1 N–H and O–H groups in total. The highest BCUT2D eigenvalue weighted by Crippen LogP contribution is 2.34. The Morgan fingerprint density at radius 2 is 1.45 bits per heavy atom. The second-order valence-corrected chi connectivity index (χ2v) is 5.71. The van der Waals surface area contributed by atoms with E-state index in [1.54, 1.807) is 0 Å². The van der Waals surface area contributed by atoms with Crippen LogP contribution in [-0.4, -0.2) is 5.11 Å². The van der Waals surface area contributed by atoms with Crippen LogP contribution in [0.2, 0.25) is 0 Å². The van der Waals surface area contributed by atoms with Crippen LogP contribution in [0.15, 0.2) is 30.3 Å². The summed E-state index contributed by atoms with van der Waals surface area (Å²) in [5.74, 6) is 0.378. The van der Waals surface area contributed by atoms with Crippen LogP contribution >= 0.6 is 0 Å². The fourth-order valence-electron chi connectivity index (χ4n) is 3.02. The molecule has 0 aromatic heterocycles. The second-order valence-electron chi connectivity index (χ2n) is 5.71. The van der Waals surface area contributed by atoms with E-state index in [4.69, 9.17) is 0 Å². The Balaban J connectivity index is 2.46. The largest absolute Gasteiger partial charge is 0.507 e. The van der Waals surface area contributed by atoms with Crippen LogP contribution in [0.25, 0.3) is 21.5 Å². The van der Waals surface area contributed by atoms with E-state index < -0.39 is 0 Å². The zero-order valence-electron chi connectivity index (χ0n) is 12.5. The number of aryl methyl sites for hydroxylation is 4. The van der Waals surface area contributed by atoms with Gasteiger partial charge in [-0.1, -0.05) is 19.1 Å². The van der Waals surface area contributed by atoms with E-state index >= 15 is 0 Å². The fourth-order valence-corrected chi connectivity index (χ4v) is 3.02. The van der Waals surface area contributed by atoms with Gasteiger partial charge in [0.15, 0.2) is 0 Å². The van der Waals surface area contributed by atoms with Gasteiger partial charge in [0.25, 0.3) is 0 Å². The van der Waals surface area contributed by atoms with Crippen molar-refractivity contribution in [2.75, 3.05) is 0 Å². The first kappa shape index (κ1) is 13.0. The molecule has 0 aliphatic rings. The van der Waals surface area contributed by atoms with Gasteiger partial charge in [-0.15, -0.1) is 0 Å². The molecule has 0 aliphatic carbocycles. The Morgan fingerprint density at radius 1 is 0.800 bits per heavy atom. The van der Waals surface area contributed by atoms with Crippen molar-refractivity contribution < 1.29 is 5.11 Å². The number of rotatable bonds is 1. The van der Waals surface area contributed by atoms with Crippen molar-refractivity contribution in [3.8, 4) is 5.75 Å². The third-order valence-electron chi connectivity index (χ3n) is 4.44. The number of phenolic OH excluding ortho intramolecular Hbond substituents is 1. The van der Waals surface area contributed by atoms with Crippen LogP contribution in [0.3, 0.4) is 0 Å². The maximum Gasteiger partial charge on any atom is 0.123 e. The maximum atomic E-state index is 10.2. The summed E-state index contributed by atoms with van der Waals surface area (Å²) >= 11 is 0. The molecule has 1 nitrogen and oxygen atoms in total. The van der Waals surface area contributed by atoms with Crippen molar-refractivity contribution in [2.24, 2.45) is 0 Å². The monoisotopic (exact) mass is 264 g/mol. The van der Waals surface area contributed by atoms with Crippen LogP contribution in [0, 0.1) is 20.8 Å². The Hall–Kier alpha value is -2.02. The first-order valence-electron chi connectivity index (χ1n) is 7.17. The Labute approximate surface area is 119 Å². The Morgan fingerprint density at radius 3 is 2.15 bits per heavy atom. The fraction of sp³-hybridized carbons (Fsp3) is 0.263. The van der Waals surface area contributed by atoms with Crippen LogP contribution in [-0.2, 0) is 6.42 Å². The number of phenols is 1. The van der Waals surface area contributed by atoms with Crippen molar-refractivity contribution in [3.05, 3.63) is 52.6 Å². The van der Waals surface area contributed by atoms with Crippen molar-refractivity contribution in [1.82, 2.24) is 0 Å². The highest BCUT2D eigenvalue weighted by atomic mass is 16.3. The van der Waals surface area contributed by atoms with Crippen molar-refractivity contribution in [2.45, 2.75) is 34.1 Å². The minimum Gasteiger partial charge on any atom is -0.507 e. The lowest BCUT2D eigenvalue weighted by Gasteiger charge is -2.12. The smallest absolute Gasteiger partial charge is 0.123 e. The van der Waals surface area contributed by atoms with E-state index in [9.17, 15) is 5.11 Å². The molecule has 3 aromatic carbocycles. The summed E-state index contributed by atoms with van der Waals surface area (Å²) < 4.78 is 0. The quantitative estimate of drug-likeness (QED) is 0.600. The zero-order chi connectivity index (χ0) is 14.4. The number of hydrogen-bond donors (Lipinski definition) is 1. The predicted molar refractivity (Wildman–Crippen MR) is 86.7 cm³/mol. The molecule has 0 unspecified atom stereocenters. The third-order valence-corrected chi connectivity index (χ3v) is 4.44. The molecule has 3 rings (SSSR count). The van der Waals surface area contributed by atoms with E-state index in [-0.39, 0.29) is 0 Å². The van der Waals surface area contributed by atoms with Gasteiger partial charge in [0.1, 0.15) is 5.75 Å². The molecular weight excluding hydrogens is 244 g/mol. The first-order chi connectivity index (χ1) is 9.51. The second kappa shape index (κ2) is 4.52. The zero-order valence-corrected chi connectivity index (χ0v) is 12.5. The summed E-state index contributed by atoms with van der Waals surface area (Å²) in [4.78, 5) is 0. The van der Waals surface area contributed by atoms with E-state index in [1.807, 2.05) is 13.0 Å². The van der Waals surface area contributed by atoms with Crippen LogP contribution < -0.4 is 0 Å². The van der Waals surface area contributed by atoms with Gasteiger partial charge in [-0.2, -0.15) is 0 Å². The summed E-state index contributed by atoms with van der Waals surface area (Å²) in [6.45, 7) is 8.52. The molecule has 20 heavy (non-hydrogen) atoms. The predicted octanol–water partition coefficient (Wildman–Crippen LogP) is 5.19. The molecule has 0 aliphatic heterocycles. The molecule has 0 heterocycles. The van der Waals surface area contributed by atoms with Crippen LogP contribution in [0.1, 0.15) is 29.2 Å². The third kappa shape index (κ3) is 1.85. The molecule has 0 radical (unpaired) electrons. The van der Waals surface area contributed by atoms with Gasteiger partial charge < -0.3 is 5.11 Å². The average Bonchev–Trinajstić information content (AvgIpc) is 2.42. The molecule has 102 valence electrons. The highest BCUT2D eigenvalue weighted by molar-refractivity contribution is 6.03. The van der Waals surface area contributed by atoms with Gasteiger partial charge >= 0.3 is 0 Å². The number of hydrogen-bond acceptors (Lipinski definition) is 1. The molecule has 0 bridgehead atoms. The molecule has 1 heteroatoms. The van der Waals surface area contributed by atoms with E-state index in [1.165, 1.54) is 27.5 Å². The van der Waals surface area contributed by atoms with Gasteiger partial charge in [-0.05, 0) is 83.8 Å². The molecule has 3 aromatic rings. The molecule has 0 spiro atoms. The summed E-state index contributed by atoms with van der Waals surface area (Å²) in [7, 11) is 0. The summed E-state index contributed by atoms with van der Waals surface area (Å²) in [5.41, 5.74) is 5.10. The topological polar surface area (TPSA) is 20.2 Å². The number of aromatic hydroxyl groups is 1. The number of benzene rings is 3. The highest BCUT2D eigenvalue weighted by Gasteiger charge is 2.09. The lowest BCUT2D eigenvalue weighted by molar-refractivity contribution is 0.481. The molecule has 0 fully saturated rings. The van der Waals surface area contributed by atoms with E-state index in [0.29, 0.717) is 5.75 Å². The van der Waals surface area contributed by atoms with Crippen LogP contribution in [0.5, 0.6) is 5.75 Å². The Bertz CT molecular complexity index is 828. The summed E-state index contributed by atoms with van der Waals surface area (Å²) in [6, 6.07) is 10.7. The summed E-state index contributed by atoms with van der Waals surface area (Å²) in [5, 5.41) is 14.8. The minimum atomic E-state index is 0.378. The molecule has 0 amide bonds. The Kier molecular flexibility index (Phi) is 2.93. The average molecular weight is 264 g/mol. The maximum absolute atomic E-state index is 10.2. The van der Waals surface area contributed by atoms with E-state index in [2.05, 4.69) is 45.0 Å². The van der Waals surface area contributed by atoms with Crippen LogP contribution in [0.4, 0.5) is 0 Å². The van der Waals surface area contributed by atoms with Gasteiger partial charge in [0.05, 0.1) is 0 Å². The standard InChI is InChI=1S/C19H20O/c1-5-14-8-16-10-18-17(9-15(16)6-12(14)3)13(4)11(2)7-19(18)20/h6-10,20H,5H2,1-4H3. The van der Waals surface area contributed by atoms with Crippen molar-refractivity contribution in [1.29, 1.82) is 0 Å². The van der Waals surface area contributed by atoms with Gasteiger partial charge in [-0.3, -0.25) is 0 Å². The lowest BCUT2D eigenvalue weighted by atomic mass is 9.94. The normalized spacial score (nSPS) is 11.4. The lowest BCUT2D eigenvalue weighted by Crippen LogP contribution is -1.89. The van der Waals surface area contributed by atoms with Gasteiger partial charge in [-0.25, -0.2) is 0 Å². The van der Waals surface area contributed by atoms with Crippen molar-refractivity contribution >= 4 is 21.5 Å². The molecule has 0 saturated carbocycles. The molecular formula is C19H20O. The minimum absolute atomic E-state index is 0.378. The summed E-state index contributed by atoms with van der Waals surface area (Å²) in [6.07, 6.45) is 1.04. The van der Waals surface area contributed by atoms with Gasteiger partial charge in [0, 0.05) is 5.39 Å². The van der Waals surface area contributed by atoms with E-state index in [0.717, 1.165) is 22.8 Å². The van der Waals surface area contributed by atoms with Gasteiger partial charge in [0.2, 0.25) is 0 Å². The SMILES string of the molecule is CCc1cc2cc3c(O)cc(C)c(C)c3cc2cc1C. The molecule has 0 atom stereocenters. The first-order valence-corrected chi connectivity index (χ1v) is 7.17.